The standard InChI is InChI=1S/C24H44O3/c1-3-16-26-23-12-8-21(9-13-23)19-4-6-20(7-5-19)22-10-14-24(15-11-22)27-18-17-25-2/h19-24H,3-18H2,1-2H3. The van der Waals surface area contributed by atoms with Gasteiger partial charge < -0.3 is 14.2 Å². The van der Waals surface area contributed by atoms with Crippen molar-refractivity contribution in [3.63, 3.8) is 0 Å². The molecular weight excluding hydrogens is 336 g/mol. The molecule has 158 valence electrons. The lowest BCUT2D eigenvalue weighted by Gasteiger charge is -2.41. The number of hydrogen-bond donors (Lipinski definition) is 0. The predicted octanol–water partition coefficient (Wildman–Crippen LogP) is 6.00. The Hall–Kier alpha value is -0.120. The van der Waals surface area contributed by atoms with E-state index in [1.807, 2.05) is 0 Å². The second-order valence-electron chi connectivity index (χ2n) is 9.48. The zero-order valence-electron chi connectivity index (χ0n) is 18.0. The molecule has 0 unspecified atom stereocenters. The fraction of sp³-hybridized carbons (Fsp3) is 1.00. The highest BCUT2D eigenvalue weighted by Gasteiger charge is 2.34. The van der Waals surface area contributed by atoms with Crippen LogP contribution in [-0.4, -0.2) is 39.1 Å². The van der Waals surface area contributed by atoms with Crippen LogP contribution in [0, 0.1) is 23.7 Å². The van der Waals surface area contributed by atoms with Gasteiger partial charge in [0, 0.05) is 13.7 Å². The van der Waals surface area contributed by atoms with Crippen molar-refractivity contribution in [2.75, 3.05) is 26.9 Å². The minimum atomic E-state index is 0.498. The van der Waals surface area contributed by atoms with Crippen molar-refractivity contribution < 1.29 is 14.2 Å². The van der Waals surface area contributed by atoms with Gasteiger partial charge in [-0.2, -0.15) is 0 Å². The summed E-state index contributed by atoms with van der Waals surface area (Å²) in [6, 6.07) is 0. The van der Waals surface area contributed by atoms with Crippen LogP contribution in [0.3, 0.4) is 0 Å². The number of hydrogen-bond acceptors (Lipinski definition) is 3. The number of rotatable bonds is 9. The zero-order chi connectivity index (χ0) is 18.9. The van der Waals surface area contributed by atoms with E-state index in [1.54, 1.807) is 7.11 Å². The first kappa shape index (κ1) is 21.6. The maximum atomic E-state index is 5.99. The fourth-order valence-corrected chi connectivity index (χ4v) is 6.12. The molecule has 3 aliphatic rings. The monoisotopic (exact) mass is 380 g/mol. The van der Waals surface area contributed by atoms with Crippen LogP contribution in [0.5, 0.6) is 0 Å². The first-order chi connectivity index (χ1) is 13.3. The second kappa shape index (κ2) is 11.8. The molecule has 3 rings (SSSR count). The first-order valence-electron chi connectivity index (χ1n) is 12.0. The number of methoxy groups -OCH3 is 1. The van der Waals surface area contributed by atoms with Gasteiger partial charge in [-0.15, -0.1) is 0 Å². The summed E-state index contributed by atoms with van der Waals surface area (Å²) in [6.45, 7) is 4.67. The van der Waals surface area contributed by atoms with Crippen LogP contribution < -0.4 is 0 Å². The van der Waals surface area contributed by atoms with Crippen molar-refractivity contribution in [2.45, 2.75) is 103 Å². The molecule has 0 aromatic rings. The molecule has 27 heavy (non-hydrogen) atoms. The maximum absolute atomic E-state index is 5.99. The van der Waals surface area contributed by atoms with E-state index >= 15 is 0 Å². The molecule has 0 N–H and O–H groups in total. The van der Waals surface area contributed by atoms with E-state index in [4.69, 9.17) is 14.2 Å². The molecule has 0 aromatic carbocycles. The van der Waals surface area contributed by atoms with Crippen molar-refractivity contribution in [2.24, 2.45) is 23.7 Å². The second-order valence-corrected chi connectivity index (χ2v) is 9.48. The van der Waals surface area contributed by atoms with Gasteiger partial charge in [-0.05, 0) is 107 Å². The van der Waals surface area contributed by atoms with Crippen molar-refractivity contribution in [3.05, 3.63) is 0 Å². The van der Waals surface area contributed by atoms with Crippen molar-refractivity contribution in [3.8, 4) is 0 Å². The highest BCUT2D eigenvalue weighted by Crippen LogP contribution is 2.45. The van der Waals surface area contributed by atoms with Crippen LogP contribution in [-0.2, 0) is 14.2 Å². The zero-order valence-corrected chi connectivity index (χ0v) is 18.0. The Kier molecular flexibility index (Phi) is 9.42. The van der Waals surface area contributed by atoms with E-state index in [-0.39, 0.29) is 0 Å². The van der Waals surface area contributed by atoms with Crippen LogP contribution >= 0.6 is 0 Å². The Morgan fingerprint density at radius 2 is 0.889 bits per heavy atom. The van der Waals surface area contributed by atoms with Gasteiger partial charge in [-0.3, -0.25) is 0 Å². The topological polar surface area (TPSA) is 27.7 Å². The van der Waals surface area contributed by atoms with Gasteiger partial charge in [-0.25, -0.2) is 0 Å². The largest absolute Gasteiger partial charge is 0.382 e. The van der Waals surface area contributed by atoms with Gasteiger partial charge in [0.1, 0.15) is 0 Å². The summed E-state index contributed by atoms with van der Waals surface area (Å²) in [5.41, 5.74) is 0. The summed E-state index contributed by atoms with van der Waals surface area (Å²) >= 11 is 0. The summed E-state index contributed by atoms with van der Waals surface area (Å²) in [4.78, 5) is 0. The summed E-state index contributed by atoms with van der Waals surface area (Å²) < 4.78 is 17.0. The lowest BCUT2D eigenvalue weighted by Crippen LogP contribution is -2.32. The summed E-state index contributed by atoms with van der Waals surface area (Å²) in [5.74, 6) is 4.00. The Balaban J connectivity index is 1.31. The van der Waals surface area contributed by atoms with E-state index in [1.165, 1.54) is 77.0 Å². The Morgan fingerprint density at radius 3 is 1.26 bits per heavy atom. The molecule has 0 bridgehead atoms. The molecule has 3 aliphatic carbocycles. The summed E-state index contributed by atoms with van der Waals surface area (Å²) in [7, 11) is 1.75. The average molecular weight is 381 g/mol. The lowest BCUT2D eigenvalue weighted by atomic mass is 9.66. The van der Waals surface area contributed by atoms with E-state index in [0.717, 1.165) is 49.9 Å². The SMILES string of the molecule is CCCOC1CCC(C2CCC(C3CCC(OCCOC)CC3)CC2)CC1. The smallest absolute Gasteiger partial charge is 0.0704 e. The molecular formula is C24H44O3. The predicted molar refractivity (Wildman–Crippen MR) is 111 cm³/mol. The van der Waals surface area contributed by atoms with Crippen LogP contribution in [0.4, 0.5) is 0 Å². The van der Waals surface area contributed by atoms with Gasteiger partial charge in [-0.1, -0.05) is 6.92 Å². The summed E-state index contributed by atoms with van der Waals surface area (Å²) in [5, 5.41) is 0. The molecule has 3 heteroatoms. The lowest BCUT2D eigenvalue weighted by molar-refractivity contribution is -0.0171. The molecule has 3 nitrogen and oxygen atoms in total. The molecule has 0 radical (unpaired) electrons. The first-order valence-corrected chi connectivity index (χ1v) is 12.0. The maximum Gasteiger partial charge on any atom is 0.0704 e. The van der Waals surface area contributed by atoms with E-state index < -0.39 is 0 Å². The number of ether oxygens (including phenoxy) is 3. The highest BCUT2D eigenvalue weighted by molar-refractivity contribution is 4.86. The van der Waals surface area contributed by atoms with Crippen LogP contribution in [0.25, 0.3) is 0 Å². The average Bonchev–Trinajstić information content (AvgIpc) is 2.73. The van der Waals surface area contributed by atoms with E-state index in [9.17, 15) is 0 Å². The molecule has 0 aliphatic heterocycles. The highest BCUT2D eigenvalue weighted by atomic mass is 16.5. The van der Waals surface area contributed by atoms with Gasteiger partial charge in [0.15, 0.2) is 0 Å². The Morgan fingerprint density at radius 1 is 0.519 bits per heavy atom. The Bertz CT molecular complexity index is 375. The third kappa shape index (κ3) is 6.72. The van der Waals surface area contributed by atoms with Crippen LogP contribution in [0.15, 0.2) is 0 Å². The van der Waals surface area contributed by atoms with Crippen molar-refractivity contribution >= 4 is 0 Å². The normalized spacial score (nSPS) is 38.0. The van der Waals surface area contributed by atoms with Gasteiger partial charge in [0.2, 0.25) is 0 Å². The van der Waals surface area contributed by atoms with Crippen molar-refractivity contribution in [1.29, 1.82) is 0 Å². The molecule has 0 aromatic heterocycles. The van der Waals surface area contributed by atoms with Crippen molar-refractivity contribution in [1.82, 2.24) is 0 Å². The molecule has 0 saturated heterocycles. The Labute approximate surface area is 167 Å². The van der Waals surface area contributed by atoms with Gasteiger partial charge in [0.05, 0.1) is 25.4 Å². The van der Waals surface area contributed by atoms with Crippen LogP contribution in [0.1, 0.15) is 90.4 Å². The summed E-state index contributed by atoms with van der Waals surface area (Å²) in [6.07, 6.45) is 19.0. The fourth-order valence-electron chi connectivity index (χ4n) is 6.12. The third-order valence-corrected chi connectivity index (χ3v) is 7.79. The molecule has 0 atom stereocenters. The molecule has 0 heterocycles. The third-order valence-electron chi connectivity index (χ3n) is 7.79. The minimum absolute atomic E-state index is 0.498. The molecule has 0 spiro atoms. The van der Waals surface area contributed by atoms with Crippen LogP contribution in [0.2, 0.25) is 0 Å². The van der Waals surface area contributed by atoms with Gasteiger partial charge >= 0.3 is 0 Å². The minimum Gasteiger partial charge on any atom is -0.382 e. The molecule has 0 amide bonds. The molecule has 3 fully saturated rings. The van der Waals surface area contributed by atoms with E-state index in [2.05, 4.69) is 6.92 Å². The van der Waals surface area contributed by atoms with E-state index in [0.29, 0.717) is 12.2 Å². The van der Waals surface area contributed by atoms with Gasteiger partial charge in [0.25, 0.3) is 0 Å². The quantitative estimate of drug-likeness (QED) is 0.459. The molecule has 3 saturated carbocycles.